The van der Waals surface area contributed by atoms with Gasteiger partial charge >= 0.3 is 12.1 Å². The van der Waals surface area contributed by atoms with Gasteiger partial charge in [-0.1, -0.05) is 11.6 Å². The number of hydrogen-bond acceptors (Lipinski definition) is 6. The maximum Gasteiger partial charge on any atom is 0.416 e. The normalized spacial score (nSPS) is 14.3. The van der Waals surface area contributed by atoms with Gasteiger partial charge in [-0.2, -0.15) is 13.2 Å². The molecule has 1 aliphatic rings. The summed E-state index contributed by atoms with van der Waals surface area (Å²) in [7, 11) is 0. The van der Waals surface area contributed by atoms with Crippen molar-refractivity contribution in [3.05, 3.63) is 52.8 Å². The van der Waals surface area contributed by atoms with Crippen molar-refractivity contribution in [1.82, 2.24) is 4.98 Å². The molecular weight excluding hydrogens is 427 g/mol. The largest absolute Gasteiger partial charge is 0.452 e. The molecule has 160 valence electrons. The highest BCUT2D eigenvalue weighted by molar-refractivity contribution is 6.29. The monoisotopic (exact) mass is 443 g/mol. The lowest BCUT2D eigenvalue weighted by molar-refractivity contribution is -0.137. The van der Waals surface area contributed by atoms with Crippen molar-refractivity contribution in [2.75, 3.05) is 43.1 Å². The summed E-state index contributed by atoms with van der Waals surface area (Å²) in [5.74, 6) is -1.59. The average Bonchev–Trinajstić information content (AvgIpc) is 2.72. The summed E-state index contributed by atoms with van der Waals surface area (Å²) < 4.78 is 49.5. The van der Waals surface area contributed by atoms with Crippen LogP contribution >= 0.6 is 11.6 Å². The van der Waals surface area contributed by atoms with Crippen LogP contribution in [0.15, 0.2) is 36.5 Å². The Morgan fingerprint density at radius 2 is 1.93 bits per heavy atom. The van der Waals surface area contributed by atoms with Crippen LogP contribution in [0.4, 0.5) is 24.5 Å². The Bertz CT molecular complexity index is 933. The molecular formula is C19H17ClF3N3O4. The van der Waals surface area contributed by atoms with Crippen LogP contribution in [0.5, 0.6) is 0 Å². The molecule has 2 aromatic rings. The topological polar surface area (TPSA) is 80.8 Å². The number of nitrogens with zero attached hydrogens (tertiary/aromatic N) is 2. The van der Waals surface area contributed by atoms with Gasteiger partial charge < -0.3 is 19.7 Å². The van der Waals surface area contributed by atoms with Crippen molar-refractivity contribution < 1.29 is 32.2 Å². The second kappa shape index (κ2) is 9.31. The molecule has 0 saturated carbocycles. The zero-order valence-electron chi connectivity index (χ0n) is 15.5. The number of amides is 1. The van der Waals surface area contributed by atoms with Gasteiger partial charge in [0.1, 0.15) is 5.15 Å². The minimum atomic E-state index is -4.57. The van der Waals surface area contributed by atoms with Crippen molar-refractivity contribution in [3.8, 4) is 0 Å². The second-order valence-electron chi connectivity index (χ2n) is 6.32. The number of anilines is 2. The van der Waals surface area contributed by atoms with Gasteiger partial charge in [0.2, 0.25) is 0 Å². The van der Waals surface area contributed by atoms with Gasteiger partial charge in [0.25, 0.3) is 5.91 Å². The molecule has 1 fully saturated rings. The van der Waals surface area contributed by atoms with Crippen molar-refractivity contribution >= 4 is 34.9 Å². The molecule has 2 heterocycles. The van der Waals surface area contributed by atoms with Crippen molar-refractivity contribution in [3.63, 3.8) is 0 Å². The smallest absolute Gasteiger partial charge is 0.416 e. The van der Waals surface area contributed by atoms with E-state index in [1.54, 1.807) is 0 Å². The van der Waals surface area contributed by atoms with Gasteiger partial charge in [0.05, 0.1) is 35.7 Å². The summed E-state index contributed by atoms with van der Waals surface area (Å²) in [6.07, 6.45) is -3.27. The number of benzene rings is 1. The first-order valence-corrected chi connectivity index (χ1v) is 9.24. The highest BCUT2D eigenvalue weighted by Gasteiger charge is 2.32. The van der Waals surface area contributed by atoms with Crippen LogP contribution in [-0.2, 0) is 20.4 Å². The Labute approximate surface area is 174 Å². The molecule has 0 aliphatic carbocycles. The summed E-state index contributed by atoms with van der Waals surface area (Å²) in [6, 6.07) is 5.73. The standard InChI is InChI=1S/C19H17ClF3N3O4/c20-16-9-12(3-4-24-16)18(28)30-11-17(27)25-14-10-13(19(21,22)23)1-2-15(14)26-5-7-29-8-6-26/h1-4,9-10H,5-8,11H2,(H,25,27). The Hall–Kier alpha value is -2.85. The van der Waals surface area contributed by atoms with E-state index < -0.39 is 30.2 Å². The Morgan fingerprint density at radius 1 is 1.20 bits per heavy atom. The van der Waals surface area contributed by atoms with Gasteiger partial charge in [-0.25, -0.2) is 9.78 Å². The minimum Gasteiger partial charge on any atom is -0.452 e. The van der Waals surface area contributed by atoms with Crippen LogP contribution < -0.4 is 10.2 Å². The van der Waals surface area contributed by atoms with Crippen LogP contribution in [0.3, 0.4) is 0 Å². The predicted octanol–water partition coefficient (Wildman–Crippen LogP) is 3.39. The number of ether oxygens (including phenoxy) is 2. The number of morpholine rings is 1. The van der Waals surface area contributed by atoms with E-state index in [1.165, 1.54) is 24.4 Å². The Morgan fingerprint density at radius 3 is 2.60 bits per heavy atom. The molecule has 0 atom stereocenters. The van der Waals surface area contributed by atoms with E-state index in [0.717, 1.165) is 12.1 Å². The third-order valence-electron chi connectivity index (χ3n) is 4.25. The first-order valence-electron chi connectivity index (χ1n) is 8.86. The van der Waals surface area contributed by atoms with E-state index in [4.69, 9.17) is 21.1 Å². The van der Waals surface area contributed by atoms with Gasteiger partial charge in [0.15, 0.2) is 6.61 Å². The third-order valence-corrected chi connectivity index (χ3v) is 4.45. The number of aromatic nitrogens is 1. The number of carbonyl (C=O) groups is 2. The van der Waals surface area contributed by atoms with Crippen LogP contribution in [0.2, 0.25) is 5.15 Å². The maximum atomic E-state index is 13.1. The number of nitrogens with one attached hydrogen (secondary N) is 1. The second-order valence-corrected chi connectivity index (χ2v) is 6.71. The van der Waals surface area contributed by atoms with Crippen LogP contribution in [-0.4, -0.2) is 49.8 Å². The molecule has 1 amide bonds. The zero-order chi connectivity index (χ0) is 21.7. The lowest BCUT2D eigenvalue weighted by Crippen LogP contribution is -2.37. The molecule has 0 bridgehead atoms. The van der Waals surface area contributed by atoms with Crippen molar-refractivity contribution in [2.45, 2.75) is 6.18 Å². The fourth-order valence-corrected chi connectivity index (χ4v) is 3.00. The summed E-state index contributed by atoms with van der Waals surface area (Å²) in [6.45, 7) is 1.08. The van der Waals surface area contributed by atoms with Gasteiger partial charge in [-0.3, -0.25) is 4.79 Å². The lowest BCUT2D eigenvalue weighted by Gasteiger charge is -2.31. The average molecular weight is 444 g/mol. The number of carbonyl (C=O) groups excluding carboxylic acids is 2. The third kappa shape index (κ3) is 5.61. The number of esters is 1. The van der Waals surface area contributed by atoms with Crippen LogP contribution in [0.25, 0.3) is 0 Å². The fourth-order valence-electron chi connectivity index (χ4n) is 2.82. The molecule has 30 heavy (non-hydrogen) atoms. The van der Waals surface area contributed by atoms with E-state index in [-0.39, 0.29) is 16.4 Å². The molecule has 11 heteroatoms. The van der Waals surface area contributed by atoms with E-state index >= 15 is 0 Å². The molecule has 3 rings (SSSR count). The molecule has 0 unspecified atom stereocenters. The summed E-state index contributed by atoms with van der Waals surface area (Å²) >= 11 is 5.70. The fraction of sp³-hybridized carbons (Fsp3) is 0.316. The molecule has 1 aromatic carbocycles. The first-order chi connectivity index (χ1) is 14.2. The number of halogens is 4. The number of hydrogen-bond donors (Lipinski definition) is 1. The highest BCUT2D eigenvalue weighted by atomic mass is 35.5. The Balaban J connectivity index is 1.72. The number of pyridine rings is 1. The van der Waals surface area contributed by atoms with Gasteiger partial charge in [-0.05, 0) is 30.3 Å². The van der Waals surface area contributed by atoms with Crippen molar-refractivity contribution in [2.24, 2.45) is 0 Å². The summed E-state index contributed by atoms with van der Waals surface area (Å²) in [5, 5.41) is 2.48. The highest BCUT2D eigenvalue weighted by Crippen LogP contribution is 2.35. The molecule has 1 saturated heterocycles. The summed E-state index contributed by atoms with van der Waals surface area (Å²) in [4.78, 5) is 29.8. The maximum absolute atomic E-state index is 13.1. The van der Waals surface area contributed by atoms with E-state index in [0.29, 0.717) is 32.0 Å². The first kappa shape index (κ1) is 21.8. The number of rotatable bonds is 5. The van der Waals surface area contributed by atoms with E-state index in [2.05, 4.69) is 10.3 Å². The van der Waals surface area contributed by atoms with Gasteiger partial charge in [0, 0.05) is 19.3 Å². The van der Waals surface area contributed by atoms with E-state index in [9.17, 15) is 22.8 Å². The van der Waals surface area contributed by atoms with Crippen molar-refractivity contribution in [1.29, 1.82) is 0 Å². The summed E-state index contributed by atoms with van der Waals surface area (Å²) in [5.41, 5.74) is -0.416. The molecule has 1 N–H and O–H groups in total. The van der Waals surface area contributed by atoms with Crippen LogP contribution in [0, 0.1) is 0 Å². The Kier molecular flexibility index (Phi) is 6.78. The van der Waals surface area contributed by atoms with Gasteiger partial charge in [-0.15, -0.1) is 0 Å². The van der Waals surface area contributed by atoms with E-state index in [1.807, 2.05) is 4.90 Å². The molecule has 1 aliphatic heterocycles. The molecule has 1 aromatic heterocycles. The molecule has 0 spiro atoms. The lowest BCUT2D eigenvalue weighted by atomic mass is 10.1. The zero-order valence-corrected chi connectivity index (χ0v) is 16.3. The predicted molar refractivity (Wildman–Crippen MR) is 103 cm³/mol. The van der Waals surface area contributed by atoms with Crippen LogP contribution in [0.1, 0.15) is 15.9 Å². The minimum absolute atomic E-state index is 0.0280. The molecule has 7 nitrogen and oxygen atoms in total. The molecule has 0 radical (unpaired) electrons. The number of alkyl halides is 3. The SMILES string of the molecule is O=C(COC(=O)c1ccnc(Cl)c1)Nc1cc(C(F)(F)F)ccc1N1CCOCC1. The quantitative estimate of drug-likeness (QED) is 0.563.